The van der Waals surface area contributed by atoms with Gasteiger partial charge in [-0.3, -0.25) is 9.59 Å². The summed E-state index contributed by atoms with van der Waals surface area (Å²) in [6, 6.07) is 8.36. The van der Waals surface area contributed by atoms with Crippen LogP contribution in [0.3, 0.4) is 0 Å². The molecule has 0 bridgehead atoms. The number of nitriles is 2. The Bertz CT molecular complexity index is 1220. The van der Waals surface area contributed by atoms with Crippen LogP contribution in [0, 0.1) is 22.7 Å². The van der Waals surface area contributed by atoms with E-state index < -0.39 is 34.8 Å². The third-order valence-corrected chi connectivity index (χ3v) is 4.64. The smallest absolute Gasteiger partial charge is 0.262 e. The molecule has 0 aliphatic carbocycles. The molecule has 2 rings (SSSR count). The zero-order chi connectivity index (χ0) is 26.8. The van der Waals surface area contributed by atoms with Crippen molar-refractivity contribution < 1.29 is 39.5 Å². The first kappa shape index (κ1) is 26.9. The maximum atomic E-state index is 12.3. The standard InChI is InChI=1S/C24H22N4O8/c1-35-19-9-13(7-17(29)21(19)31)5-15(11-25)23(33)27-3-4-28-24(34)16(12-26)6-14-8-18(30)22(32)20(10-14)36-2/h5-10,29-32H,3-4H2,1-2H3,(H,27,33)(H,28,34)/b15-5-,16-6+. The molecule has 0 unspecified atom stereocenters. The van der Waals surface area contributed by atoms with Gasteiger partial charge in [0.1, 0.15) is 23.3 Å². The second kappa shape index (κ2) is 12.2. The fourth-order valence-corrected chi connectivity index (χ4v) is 2.88. The number of amides is 2. The van der Waals surface area contributed by atoms with Gasteiger partial charge < -0.3 is 40.5 Å². The van der Waals surface area contributed by atoms with Gasteiger partial charge in [-0.1, -0.05) is 0 Å². The number of hydrogen-bond donors (Lipinski definition) is 6. The summed E-state index contributed by atoms with van der Waals surface area (Å²) in [5.41, 5.74) is -0.176. The molecule has 2 amide bonds. The Kier molecular flexibility index (Phi) is 9.11. The highest BCUT2D eigenvalue weighted by atomic mass is 16.5. The van der Waals surface area contributed by atoms with Gasteiger partial charge in [-0.15, -0.1) is 0 Å². The van der Waals surface area contributed by atoms with E-state index in [0.29, 0.717) is 0 Å². The van der Waals surface area contributed by atoms with E-state index in [2.05, 4.69) is 10.6 Å². The molecule has 0 heterocycles. The topological polar surface area (TPSA) is 205 Å². The van der Waals surface area contributed by atoms with E-state index in [1.807, 2.05) is 0 Å². The van der Waals surface area contributed by atoms with Crippen molar-refractivity contribution in [1.82, 2.24) is 10.6 Å². The van der Waals surface area contributed by atoms with E-state index in [9.17, 15) is 40.5 Å². The van der Waals surface area contributed by atoms with Crippen LogP contribution in [-0.2, 0) is 9.59 Å². The second-order valence-corrected chi connectivity index (χ2v) is 7.03. The summed E-state index contributed by atoms with van der Waals surface area (Å²) in [7, 11) is 2.54. The zero-order valence-corrected chi connectivity index (χ0v) is 19.2. The highest BCUT2D eigenvalue weighted by Gasteiger charge is 2.14. The summed E-state index contributed by atoms with van der Waals surface area (Å²) in [6.45, 7) is -0.166. The van der Waals surface area contributed by atoms with Crippen LogP contribution < -0.4 is 20.1 Å². The first-order valence-corrected chi connectivity index (χ1v) is 10.1. The van der Waals surface area contributed by atoms with Gasteiger partial charge in [-0.05, 0) is 47.5 Å². The van der Waals surface area contributed by atoms with Crippen LogP contribution >= 0.6 is 0 Å². The Balaban J connectivity index is 2.01. The lowest BCUT2D eigenvalue weighted by atomic mass is 10.1. The van der Waals surface area contributed by atoms with Gasteiger partial charge in [0.05, 0.1) is 14.2 Å². The minimum atomic E-state index is -0.763. The lowest BCUT2D eigenvalue weighted by Gasteiger charge is -2.08. The maximum absolute atomic E-state index is 12.3. The van der Waals surface area contributed by atoms with Gasteiger partial charge in [0.25, 0.3) is 11.8 Å². The summed E-state index contributed by atoms with van der Waals surface area (Å²) in [5, 5.41) is 62.3. The normalized spacial score (nSPS) is 11.1. The fraction of sp³-hybridized carbons (Fsp3) is 0.167. The number of methoxy groups -OCH3 is 2. The molecule has 0 aromatic heterocycles. The third-order valence-electron chi connectivity index (χ3n) is 4.64. The Morgan fingerprint density at radius 3 is 1.44 bits per heavy atom. The zero-order valence-electron chi connectivity index (χ0n) is 19.2. The summed E-state index contributed by atoms with van der Waals surface area (Å²) < 4.78 is 9.82. The van der Waals surface area contributed by atoms with Crippen molar-refractivity contribution in [3.8, 4) is 46.6 Å². The van der Waals surface area contributed by atoms with Gasteiger partial charge in [0, 0.05) is 13.1 Å². The maximum Gasteiger partial charge on any atom is 0.262 e. The first-order chi connectivity index (χ1) is 17.1. The predicted octanol–water partition coefficient (Wildman–Crippen LogP) is 1.27. The molecule has 12 nitrogen and oxygen atoms in total. The highest BCUT2D eigenvalue weighted by Crippen LogP contribution is 2.37. The minimum absolute atomic E-state index is 0.0519. The van der Waals surface area contributed by atoms with E-state index in [0.717, 1.165) is 12.1 Å². The Hall–Kier alpha value is -5.36. The molecule has 0 saturated carbocycles. The molecule has 0 radical (unpaired) electrons. The molecule has 0 fully saturated rings. The van der Waals surface area contributed by atoms with Gasteiger partial charge in [0.2, 0.25) is 11.5 Å². The van der Waals surface area contributed by atoms with E-state index in [4.69, 9.17) is 9.47 Å². The average Bonchev–Trinajstić information content (AvgIpc) is 2.87. The van der Waals surface area contributed by atoms with Gasteiger partial charge >= 0.3 is 0 Å². The summed E-state index contributed by atoms with van der Waals surface area (Å²) >= 11 is 0. The molecule has 0 atom stereocenters. The van der Waals surface area contributed by atoms with Crippen molar-refractivity contribution in [2.24, 2.45) is 0 Å². The molecular weight excluding hydrogens is 472 g/mol. The molecule has 2 aromatic rings. The summed E-state index contributed by atoms with van der Waals surface area (Å²) in [6.07, 6.45) is 2.35. The monoisotopic (exact) mass is 494 g/mol. The third kappa shape index (κ3) is 6.59. The minimum Gasteiger partial charge on any atom is -0.504 e. The van der Waals surface area contributed by atoms with Gasteiger partial charge in [-0.2, -0.15) is 10.5 Å². The number of carbonyl (C=O) groups excluding carboxylic acids is 2. The van der Waals surface area contributed by atoms with Gasteiger partial charge in [0.15, 0.2) is 23.0 Å². The largest absolute Gasteiger partial charge is 0.504 e. The predicted molar refractivity (Wildman–Crippen MR) is 126 cm³/mol. The molecule has 0 aliphatic rings. The van der Waals surface area contributed by atoms with Crippen LogP contribution in [0.2, 0.25) is 0 Å². The molecule has 2 aromatic carbocycles. The lowest BCUT2D eigenvalue weighted by Crippen LogP contribution is -2.35. The SMILES string of the molecule is COc1cc(/C=C(/C#N)C(=O)NCCNC(=O)/C(C#N)=C/c2cc(O)c(O)c(OC)c2)cc(O)c1O. The van der Waals surface area contributed by atoms with Gasteiger partial charge in [-0.25, -0.2) is 0 Å². The molecule has 0 saturated heterocycles. The van der Waals surface area contributed by atoms with E-state index in [-0.39, 0.29) is 46.9 Å². The number of nitrogens with one attached hydrogen (secondary N) is 2. The van der Waals surface area contributed by atoms with Crippen molar-refractivity contribution in [3.05, 3.63) is 46.5 Å². The number of aromatic hydroxyl groups is 4. The highest BCUT2D eigenvalue weighted by molar-refractivity contribution is 6.02. The van der Waals surface area contributed by atoms with Crippen molar-refractivity contribution in [1.29, 1.82) is 10.5 Å². The Labute approximate surface area is 205 Å². The number of rotatable bonds is 9. The van der Waals surface area contributed by atoms with Crippen molar-refractivity contribution >= 4 is 24.0 Å². The molecule has 0 aliphatic heterocycles. The summed E-state index contributed by atoms with van der Waals surface area (Å²) in [5.74, 6) is -3.59. The average molecular weight is 494 g/mol. The number of carbonyl (C=O) groups is 2. The molecule has 36 heavy (non-hydrogen) atoms. The van der Waals surface area contributed by atoms with E-state index in [1.54, 1.807) is 12.1 Å². The lowest BCUT2D eigenvalue weighted by molar-refractivity contribution is -0.118. The Morgan fingerprint density at radius 2 is 1.14 bits per heavy atom. The van der Waals surface area contributed by atoms with Crippen molar-refractivity contribution in [2.75, 3.05) is 27.3 Å². The molecule has 0 spiro atoms. The number of ether oxygens (including phenoxy) is 2. The van der Waals surface area contributed by atoms with Crippen molar-refractivity contribution in [2.45, 2.75) is 0 Å². The molecule has 6 N–H and O–H groups in total. The van der Waals surface area contributed by atoms with Crippen molar-refractivity contribution in [3.63, 3.8) is 0 Å². The number of hydrogen-bond acceptors (Lipinski definition) is 10. The molecular formula is C24H22N4O8. The van der Waals surface area contributed by atoms with Crippen LogP contribution in [0.15, 0.2) is 35.4 Å². The Morgan fingerprint density at radius 1 is 0.778 bits per heavy atom. The first-order valence-electron chi connectivity index (χ1n) is 10.1. The van der Waals surface area contributed by atoms with Crippen LogP contribution in [0.4, 0.5) is 0 Å². The molecule has 12 heteroatoms. The van der Waals surface area contributed by atoms with Crippen LogP contribution in [-0.4, -0.2) is 59.5 Å². The number of phenols is 4. The number of phenolic OH excluding ortho intramolecular Hbond substituents is 4. The van der Waals surface area contributed by atoms with Crippen LogP contribution in [0.25, 0.3) is 12.2 Å². The van der Waals surface area contributed by atoms with Crippen LogP contribution in [0.5, 0.6) is 34.5 Å². The van der Waals surface area contributed by atoms with E-state index >= 15 is 0 Å². The summed E-state index contributed by atoms with van der Waals surface area (Å²) in [4.78, 5) is 24.6. The quantitative estimate of drug-likeness (QED) is 0.127. The van der Waals surface area contributed by atoms with E-state index in [1.165, 1.54) is 38.5 Å². The second-order valence-electron chi connectivity index (χ2n) is 7.03. The van der Waals surface area contributed by atoms with Crippen LogP contribution in [0.1, 0.15) is 11.1 Å². The fourth-order valence-electron chi connectivity index (χ4n) is 2.88. The molecule has 186 valence electrons. The number of benzene rings is 2. The number of nitrogens with zero attached hydrogens (tertiary/aromatic N) is 2.